The maximum Gasteiger partial charge on any atom is 2.00 e. The summed E-state index contributed by atoms with van der Waals surface area (Å²) in [7, 11) is 5.94. The van der Waals surface area contributed by atoms with Crippen LogP contribution in [0.2, 0.25) is 0 Å². The van der Waals surface area contributed by atoms with Crippen LogP contribution in [0.1, 0.15) is 75.6 Å². The Bertz CT molecular complexity index is 2170. The molecule has 0 heterocycles. The Morgan fingerprint density at radius 1 is 0.402 bits per heavy atom. The van der Waals surface area contributed by atoms with E-state index in [0.717, 1.165) is 52.1 Å². The zero-order chi connectivity index (χ0) is 62.2. The van der Waals surface area contributed by atoms with Gasteiger partial charge in [-0.15, -0.1) is 0 Å². The molecule has 497 valence electrons. The van der Waals surface area contributed by atoms with Crippen molar-refractivity contribution in [3.8, 4) is 46.0 Å². The SMILES string of the molecule is CCOCCCN=Cc1cccc(OC)c1[O-].CCOCCCN=Cc1cccc(OC)c1[O-].CCOCCCN=Cc1cccc(OC)c1[O-].CCOCCCN=Cc1cccc(OC)c1[O-].O=C([O-])C(F)(F)F.O=C([O-])C(F)(F)F.[Co+2].[Co+2].[Co+2].[OH3+].[OH3+]. The van der Waals surface area contributed by atoms with Gasteiger partial charge in [0, 0.05) is 104 Å². The molecule has 4 aromatic carbocycles. The van der Waals surface area contributed by atoms with Gasteiger partial charge < -0.3 is 89.1 Å². The fraction of sp³-hybridized carbons (Fsp3) is 0.464. The molecule has 0 saturated carbocycles. The van der Waals surface area contributed by atoms with Crippen LogP contribution in [0, 0.1) is 0 Å². The Morgan fingerprint density at radius 2 is 0.575 bits per heavy atom. The molecule has 3 radical (unpaired) electrons. The molecule has 0 atom stereocenters. The summed E-state index contributed by atoms with van der Waals surface area (Å²) in [5, 5.41) is 64.5. The number of carbonyl (C=O) groups is 2. The average Bonchev–Trinajstić information content (AvgIpc) is 3.54. The van der Waals surface area contributed by atoms with Gasteiger partial charge in [0.15, 0.2) is 0 Å². The number of nitrogens with zero attached hydrogens (tertiary/aromatic N) is 4. The number of para-hydroxylation sites is 4. The van der Waals surface area contributed by atoms with E-state index in [4.69, 9.17) is 57.7 Å². The van der Waals surface area contributed by atoms with Crippen molar-refractivity contribution in [3.05, 3.63) is 95.1 Å². The van der Waals surface area contributed by atoms with E-state index in [1.165, 1.54) is 28.4 Å². The molecule has 4 aromatic rings. The molecular weight excluding hydrogens is 1310 g/mol. The Morgan fingerprint density at radius 3 is 0.713 bits per heavy atom. The molecule has 0 aliphatic carbocycles. The first-order valence-corrected chi connectivity index (χ1v) is 25.3. The van der Waals surface area contributed by atoms with Gasteiger partial charge in [-0.25, -0.2) is 0 Å². The molecule has 0 aromatic heterocycles. The predicted octanol–water partition coefficient (Wildman–Crippen LogP) is 3.20. The van der Waals surface area contributed by atoms with Crippen LogP contribution < -0.4 is 49.6 Å². The zero-order valence-electron chi connectivity index (χ0n) is 49.3. The van der Waals surface area contributed by atoms with Crippen LogP contribution in [0.25, 0.3) is 0 Å². The molecule has 6 N–H and O–H groups in total. The number of carboxylic acid groups (broad SMARTS) is 2. The van der Waals surface area contributed by atoms with Crippen molar-refractivity contribution in [2.24, 2.45) is 20.0 Å². The van der Waals surface area contributed by atoms with E-state index in [1.54, 1.807) is 97.7 Å². The van der Waals surface area contributed by atoms with Gasteiger partial charge in [0.05, 0.1) is 28.4 Å². The number of benzene rings is 4. The molecule has 31 heteroatoms. The zero-order valence-corrected chi connectivity index (χ0v) is 52.4. The summed E-state index contributed by atoms with van der Waals surface area (Å²) in [4.78, 5) is 34.3. The number of hydrogen-bond acceptors (Lipinski definition) is 20. The number of carbonyl (C=O) groups excluding carboxylic acids is 2. The van der Waals surface area contributed by atoms with Crippen molar-refractivity contribution in [1.29, 1.82) is 0 Å². The van der Waals surface area contributed by atoms with Crippen molar-refractivity contribution in [2.45, 2.75) is 65.7 Å². The Labute approximate surface area is 534 Å². The fourth-order valence-electron chi connectivity index (χ4n) is 5.44. The molecule has 0 bridgehead atoms. The Balaban J connectivity index is -0.000000179. The van der Waals surface area contributed by atoms with Crippen LogP contribution in [0.15, 0.2) is 92.8 Å². The van der Waals surface area contributed by atoms with Crippen molar-refractivity contribution < 1.29 is 166 Å². The smallest absolute Gasteiger partial charge is 0.870 e. The number of aliphatic imine (C=N–C) groups is 4. The molecule has 0 amide bonds. The number of rotatable bonds is 28. The van der Waals surface area contributed by atoms with Crippen LogP contribution >= 0.6 is 0 Å². The first-order valence-electron chi connectivity index (χ1n) is 25.3. The van der Waals surface area contributed by atoms with Gasteiger partial charge in [-0.1, -0.05) is 71.5 Å². The third-order valence-electron chi connectivity index (χ3n) is 9.42. The number of methoxy groups -OCH3 is 4. The molecule has 0 unspecified atom stereocenters. The molecular formula is C56H78Co3F6N4O18+2. The number of carboxylic acids is 2. The van der Waals surface area contributed by atoms with E-state index in [0.29, 0.717) is 97.9 Å². The number of ether oxygens (including phenoxy) is 8. The summed E-state index contributed by atoms with van der Waals surface area (Å²) >= 11 is 0. The van der Waals surface area contributed by atoms with Crippen LogP contribution in [0.4, 0.5) is 26.3 Å². The topological polar surface area (TPSA) is 362 Å². The van der Waals surface area contributed by atoms with Crippen molar-refractivity contribution in [1.82, 2.24) is 0 Å². The van der Waals surface area contributed by atoms with E-state index in [2.05, 4.69) is 20.0 Å². The van der Waals surface area contributed by atoms with Gasteiger partial charge >= 0.3 is 62.7 Å². The van der Waals surface area contributed by atoms with Gasteiger partial charge in [-0.05, 0) is 99.9 Å². The van der Waals surface area contributed by atoms with E-state index < -0.39 is 24.3 Å². The summed E-state index contributed by atoms with van der Waals surface area (Å²) in [6, 6.07) is 20.6. The molecule has 0 fully saturated rings. The van der Waals surface area contributed by atoms with Gasteiger partial charge in [-0.2, -0.15) is 26.3 Å². The minimum absolute atomic E-state index is 0. The normalized spacial score (nSPS) is 10.4. The minimum Gasteiger partial charge on any atom is -0.870 e. The van der Waals surface area contributed by atoms with E-state index in [9.17, 15) is 46.8 Å². The number of aliphatic carboxylic acids is 2. The van der Waals surface area contributed by atoms with Gasteiger partial charge in [0.1, 0.15) is 34.9 Å². The molecule has 4 rings (SSSR count). The second-order valence-electron chi connectivity index (χ2n) is 15.4. The van der Waals surface area contributed by atoms with Gasteiger partial charge in [0.2, 0.25) is 0 Å². The monoisotopic (exact) mass is 1390 g/mol. The first-order chi connectivity index (χ1) is 39.1. The van der Waals surface area contributed by atoms with Crippen LogP contribution in [-0.2, 0) is 89.8 Å². The van der Waals surface area contributed by atoms with Crippen molar-refractivity contribution in [3.63, 3.8) is 0 Å². The predicted molar refractivity (Wildman–Crippen MR) is 296 cm³/mol. The fourth-order valence-corrected chi connectivity index (χ4v) is 5.44. The quantitative estimate of drug-likeness (QED) is 0.0341. The van der Waals surface area contributed by atoms with E-state index in [1.807, 2.05) is 27.7 Å². The molecule has 0 aliphatic heterocycles. The standard InChI is InChI=1S/4C13H19NO3.2C2HF3O2.3Co.2H2O/c4*1-3-17-9-5-8-14-10-11-6-4-7-12(16-2)13(11)15;2*3-2(4,5)1(6)7;;;;;/h4*4,6-7,10,15H,3,5,8-9H2,1-2H3;2*(H,6,7);;;;2*1H2/q;;;;;;3*+2;;/p-4. The Kier molecular flexibility index (Phi) is 63.8. The third kappa shape index (κ3) is 46.6. The van der Waals surface area contributed by atoms with Crippen molar-refractivity contribution in [2.75, 3.05) is 107 Å². The van der Waals surface area contributed by atoms with E-state index in [-0.39, 0.29) is 84.3 Å². The summed E-state index contributed by atoms with van der Waals surface area (Å²) < 4.78 is 104. The van der Waals surface area contributed by atoms with Crippen molar-refractivity contribution >= 4 is 36.8 Å². The third-order valence-corrected chi connectivity index (χ3v) is 9.42. The van der Waals surface area contributed by atoms with E-state index >= 15 is 0 Å². The second-order valence-corrected chi connectivity index (χ2v) is 15.4. The Hall–Kier alpha value is -6.24. The molecule has 0 saturated heterocycles. The molecule has 0 spiro atoms. The summed E-state index contributed by atoms with van der Waals surface area (Å²) in [6.07, 6.45) is -0.558. The second kappa shape index (κ2) is 58.8. The minimum atomic E-state index is -5.19. The summed E-state index contributed by atoms with van der Waals surface area (Å²) in [6.45, 7) is 16.2. The van der Waals surface area contributed by atoms with Gasteiger partial charge in [0.25, 0.3) is 0 Å². The number of halogens is 6. The first kappa shape index (κ1) is 94.4. The number of hydrogen-bond donors (Lipinski definition) is 0. The average molecular weight is 1390 g/mol. The summed E-state index contributed by atoms with van der Waals surface area (Å²) in [5.41, 5.74) is 2.23. The number of alkyl halides is 6. The maximum absolute atomic E-state index is 11.7. The summed E-state index contributed by atoms with van der Waals surface area (Å²) in [5.74, 6) is -5.10. The molecule has 0 aliphatic rings. The van der Waals surface area contributed by atoms with Gasteiger partial charge in [-0.3, -0.25) is 20.0 Å². The largest absolute Gasteiger partial charge is 2.00 e. The van der Waals surface area contributed by atoms with Crippen LogP contribution in [0.3, 0.4) is 0 Å². The van der Waals surface area contributed by atoms with Crippen LogP contribution in [0.5, 0.6) is 46.0 Å². The molecule has 22 nitrogen and oxygen atoms in total. The van der Waals surface area contributed by atoms with Crippen LogP contribution in [-0.4, -0.2) is 157 Å². The molecule has 87 heavy (non-hydrogen) atoms. The maximum atomic E-state index is 11.7.